The zero-order chi connectivity index (χ0) is 12.0. The van der Waals surface area contributed by atoms with Crippen molar-refractivity contribution in [2.75, 3.05) is 26.7 Å². The van der Waals surface area contributed by atoms with Crippen LogP contribution in [0.3, 0.4) is 0 Å². The van der Waals surface area contributed by atoms with E-state index >= 15 is 0 Å². The van der Waals surface area contributed by atoms with E-state index in [1.807, 2.05) is 0 Å². The highest BCUT2D eigenvalue weighted by Crippen LogP contribution is 2.15. The zero-order valence-electron chi connectivity index (χ0n) is 10.1. The third-order valence-corrected chi connectivity index (χ3v) is 2.88. The lowest BCUT2D eigenvalue weighted by Gasteiger charge is -2.30. The van der Waals surface area contributed by atoms with Crippen molar-refractivity contribution < 1.29 is 9.59 Å². The number of piperidine rings is 1. The van der Waals surface area contributed by atoms with Gasteiger partial charge in [-0.05, 0) is 25.3 Å². The first-order valence-corrected chi connectivity index (χ1v) is 5.85. The van der Waals surface area contributed by atoms with Gasteiger partial charge in [0.25, 0.3) is 0 Å². The molecular weight excluding hydrogens is 206 g/mol. The Bertz CT molecular complexity index is 256. The van der Waals surface area contributed by atoms with Crippen molar-refractivity contribution in [3.05, 3.63) is 0 Å². The second-order valence-corrected chi connectivity index (χ2v) is 4.43. The van der Waals surface area contributed by atoms with Crippen molar-refractivity contribution in [3.8, 4) is 0 Å². The molecule has 1 unspecified atom stereocenters. The second kappa shape index (κ2) is 6.48. The molecule has 0 spiro atoms. The normalized spacial score (nSPS) is 21.5. The Kier molecular flexibility index (Phi) is 5.25. The van der Waals surface area contributed by atoms with Gasteiger partial charge in [-0.3, -0.25) is 10.1 Å². The predicted octanol–water partition coefficient (Wildman–Crippen LogP) is 0.564. The zero-order valence-corrected chi connectivity index (χ0v) is 10.1. The quantitative estimate of drug-likeness (QED) is 0.740. The van der Waals surface area contributed by atoms with E-state index in [2.05, 4.69) is 22.5 Å². The van der Waals surface area contributed by atoms with Crippen LogP contribution in [0.5, 0.6) is 0 Å². The largest absolute Gasteiger partial charge is 0.341 e. The first kappa shape index (κ1) is 13.0. The number of amides is 3. The molecule has 92 valence electrons. The van der Waals surface area contributed by atoms with E-state index in [9.17, 15) is 9.59 Å². The summed E-state index contributed by atoms with van der Waals surface area (Å²) in [6, 6.07) is -0.433. The minimum absolute atomic E-state index is 0.211. The molecule has 1 fully saturated rings. The molecule has 1 aliphatic heterocycles. The van der Waals surface area contributed by atoms with Crippen LogP contribution < -0.4 is 10.6 Å². The average Bonchev–Trinajstić information content (AvgIpc) is 2.26. The van der Waals surface area contributed by atoms with Crippen molar-refractivity contribution in [3.63, 3.8) is 0 Å². The molecule has 0 bridgehead atoms. The molecular formula is C11H21N3O2. The number of likely N-dealkylation sites (tertiary alicyclic amines) is 1. The Morgan fingerprint density at radius 3 is 2.81 bits per heavy atom. The molecule has 3 amide bonds. The van der Waals surface area contributed by atoms with E-state index in [1.165, 1.54) is 19.9 Å². The number of urea groups is 1. The Morgan fingerprint density at radius 1 is 1.44 bits per heavy atom. The summed E-state index contributed by atoms with van der Waals surface area (Å²) in [6.07, 6.45) is 2.87. The molecule has 1 atom stereocenters. The van der Waals surface area contributed by atoms with Crippen LogP contribution >= 0.6 is 0 Å². The number of nitrogens with one attached hydrogen (secondary N) is 2. The van der Waals surface area contributed by atoms with Gasteiger partial charge in [-0.1, -0.05) is 6.92 Å². The van der Waals surface area contributed by atoms with E-state index < -0.39 is 6.03 Å². The van der Waals surface area contributed by atoms with Gasteiger partial charge in [0.2, 0.25) is 5.91 Å². The Morgan fingerprint density at radius 2 is 2.19 bits per heavy atom. The van der Waals surface area contributed by atoms with Crippen LogP contribution in [0.25, 0.3) is 0 Å². The number of nitrogens with zero attached hydrogens (tertiary/aromatic N) is 1. The summed E-state index contributed by atoms with van der Waals surface area (Å²) in [7, 11) is 1.49. The monoisotopic (exact) mass is 227 g/mol. The molecule has 1 heterocycles. The third kappa shape index (κ3) is 4.61. The van der Waals surface area contributed by atoms with Crippen LogP contribution in [0.15, 0.2) is 0 Å². The second-order valence-electron chi connectivity index (χ2n) is 4.43. The van der Waals surface area contributed by atoms with Crippen molar-refractivity contribution in [2.45, 2.75) is 26.2 Å². The van der Waals surface area contributed by atoms with E-state index in [0.717, 1.165) is 25.6 Å². The smallest absolute Gasteiger partial charge is 0.321 e. The van der Waals surface area contributed by atoms with Gasteiger partial charge >= 0.3 is 6.03 Å². The lowest BCUT2D eigenvalue weighted by Crippen LogP contribution is -2.40. The topological polar surface area (TPSA) is 61.4 Å². The minimum Gasteiger partial charge on any atom is -0.341 e. The number of hydrogen-bond donors (Lipinski definition) is 2. The van der Waals surface area contributed by atoms with Crippen LogP contribution in [0.4, 0.5) is 4.79 Å². The fourth-order valence-corrected chi connectivity index (χ4v) is 2.00. The summed E-state index contributed by atoms with van der Waals surface area (Å²) in [5.74, 6) is 0.508. The van der Waals surface area contributed by atoms with E-state index in [1.54, 1.807) is 0 Å². The molecule has 5 nitrogen and oxygen atoms in total. The highest BCUT2D eigenvalue weighted by atomic mass is 16.2. The van der Waals surface area contributed by atoms with Gasteiger partial charge in [0.15, 0.2) is 0 Å². The molecule has 1 saturated heterocycles. The molecule has 0 aromatic carbocycles. The fraction of sp³-hybridized carbons (Fsp3) is 0.818. The van der Waals surface area contributed by atoms with E-state index in [-0.39, 0.29) is 5.91 Å². The van der Waals surface area contributed by atoms with Gasteiger partial charge in [0.1, 0.15) is 0 Å². The summed E-state index contributed by atoms with van der Waals surface area (Å²) < 4.78 is 0. The van der Waals surface area contributed by atoms with Gasteiger partial charge in [-0.2, -0.15) is 0 Å². The first-order chi connectivity index (χ1) is 7.61. The first-order valence-electron chi connectivity index (χ1n) is 5.85. The maximum absolute atomic E-state index is 11.3. The molecule has 0 saturated carbocycles. The predicted molar refractivity (Wildman–Crippen MR) is 62.1 cm³/mol. The molecule has 2 N–H and O–H groups in total. The van der Waals surface area contributed by atoms with Crippen LogP contribution in [0.2, 0.25) is 0 Å². The number of carbonyl (C=O) groups excluding carboxylic acids is 2. The van der Waals surface area contributed by atoms with Gasteiger partial charge in [-0.15, -0.1) is 0 Å². The molecule has 0 aliphatic carbocycles. The highest BCUT2D eigenvalue weighted by molar-refractivity contribution is 5.94. The van der Waals surface area contributed by atoms with Crippen LogP contribution in [-0.2, 0) is 4.79 Å². The fourth-order valence-electron chi connectivity index (χ4n) is 2.00. The maximum atomic E-state index is 11.3. The van der Waals surface area contributed by atoms with Gasteiger partial charge < -0.3 is 10.2 Å². The molecule has 0 aromatic heterocycles. The molecule has 0 radical (unpaired) electrons. The molecule has 16 heavy (non-hydrogen) atoms. The standard InChI is InChI=1S/C11H21N3O2/c1-9-4-3-6-14(8-9)7-5-10(15)13-11(16)12-2/h9H,3-8H2,1-2H3,(H2,12,13,15,16). The highest BCUT2D eigenvalue weighted by Gasteiger charge is 2.17. The third-order valence-electron chi connectivity index (χ3n) is 2.88. The van der Waals surface area contributed by atoms with E-state index in [4.69, 9.17) is 0 Å². The summed E-state index contributed by atoms with van der Waals surface area (Å²) in [5, 5.41) is 4.62. The summed E-state index contributed by atoms with van der Waals surface area (Å²) in [6.45, 7) is 5.11. The number of rotatable bonds is 3. The molecule has 5 heteroatoms. The van der Waals surface area contributed by atoms with Crippen LogP contribution in [0.1, 0.15) is 26.2 Å². The van der Waals surface area contributed by atoms with Crippen LogP contribution in [-0.4, -0.2) is 43.5 Å². The average molecular weight is 227 g/mol. The Labute approximate surface area is 96.6 Å². The molecule has 1 aliphatic rings. The van der Waals surface area contributed by atoms with Gasteiger partial charge in [0.05, 0.1) is 0 Å². The van der Waals surface area contributed by atoms with Gasteiger partial charge in [0, 0.05) is 26.6 Å². The minimum atomic E-state index is -0.433. The van der Waals surface area contributed by atoms with Gasteiger partial charge in [-0.25, -0.2) is 4.79 Å². The molecule has 1 rings (SSSR count). The lowest BCUT2D eigenvalue weighted by molar-refractivity contribution is -0.120. The SMILES string of the molecule is CNC(=O)NC(=O)CCN1CCCC(C)C1. The molecule has 0 aromatic rings. The Balaban J connectivity index is 2.18. The lowest BCUT2D eigenvalue weighted by atomic mass is 10.0. The summed E-state index contributed by atoms with van der Waals surface area (Å²) in [4.78, 5) is 24.5. The summed E-state index contributed by atoms with van der Waals surface area (Å²) in [5.41, 5.74) is 0. The number of hydrogen-bond acceptors (Lipinski definition) is 3. The maximum Gasteiger partial charge on any atom is 0.321 e. The van der Waals surface area contributed by atoms with E-state index in [0.29, 0.717) is 6.42 Å². The Hall–Kier alpha value is -1.10. The summed E-state index contributed by atoms with van der Waals surface area (Å²) >= 11 is 0. The number of imide groups is 1. The van der Waals surface area contributed by atoms with Crippen molar-refractivity contribution >= 4 is 11.9 Å². The van der Waals surface area contributed by atoms with Crippen molar-refractivity contribution in [1.29, 1.82) is 0 Å². The van der Waals surface area contributed by atoms with Crippen LogP contribution in [0, 0.1) is 5.92 Å². The number of carbonyl (C=O) groups is 2. The van der Waals surface area contributed by atoms with Crippen molar-refractivity contribution in [1.82, 2.24) is 15.5 Å². The van der Waals surface area contributed by atoms with Crippen molar-refractivity contribution in [2.24, 2.45) is 5.92 Å².